The highest BCUT2D eigenvalue weighted by Crippen LogP contribution is 2.30. The lowest BCUT2D eigenvalue weighted by Crippen LogP contribution is -2.44. The molecule has 2 saturated heterocycles. The van der Waals surface area contributed by atoms with Crippen molar-refractivity contribution in [2.45, 2.75) is 57.8 Å². The van der Waals surface area contributed by atoms with Gasteiger partial charge in [0.25, 0.3) is 0 Å². The number of aromatic nitrogens is 1. The van der Waals surface area contributed by atoms with Crippen molar-refractivity contribution in [2.75, 3.05) is 38.5 Å². The molecule has 1 N–H and O–H groups in total. The number of amides is 1. The maximum absolute atomic E-state index is 12.2. The first-order valence-corrected chi connectivity index (χ1v) is 10.3. The second-order valence-corrected chi connectivity index (χ2v) is 8.98. The number of carbonyl (C=O) groups is 1. The number of anilines is 1. The predicted molar refractivity (Wildman–Crippen MR) is 112 cm³/mol. The van der Waals surface area contributed by atoms with E-state index in [4.69, 9.17) is 9.47 Å². The van der Waals surface area contributed by atoms with E-state index in [1.807, 2.05) is 27.8 Å². The van der Waals surface area contributed by atoms with E-state index in [1.54, 1.807) is 11.0 Å². The minimum atomic E-state index is -0.535. The molecule has 3 heterocycles. The van der Waals surface area contributed by atoms with E-state index >= 15 is 0 Å². The first-order valence-electron chi connectivity index (χ1n) is 10.3. The molecule has 0 radical (unpaired) electrons. The summed E-state index contributed by atoms with van der Waals surface area (Å²) in [4.78, 5) is 31.0. The quantitative estimate of drug-likeness (QED) is 0.571. The van der Waals surface area contributed by atoms with Gasteiger partial charge in [0.2, 0.25) is 0 Å². The van der Waals surface area contributed by atoms with Crippen LogP contribution < -0.4 is 10.1 Å². The summed E-state index contributed by atoms with van der Waals surface area (Å²) in [5.41, 5.74) is -0.188. The molecule has 1 atom stereocenters. The molecular weight excluding hydrogens is 390 g/mol. The molecule has 0 aliphatic carbocycles. The third-order valence-corrected chi connectivity index (χ3v) is 5.17. The number of rotatable bonds is 5. The summed E-state index contributed by atoms with van der Waals surface area (Å²) in [5.74, 6) is 0.301. The van der Waals surface area contributed by atoms with Gasteiger partial charge in [-0.25, -0.2) is 4.79 Å². The van der Waals surface area contributed by atoms with Crippen LogP contribution in [0, 0.1) is 10.1 Å². The summed E-state index contributed by atoms with van der Waals surface area (Å²) in [6, 6.07) is 1.65. The maximum atomic E-state index is 12.2. The average Bonchev–Trinajstić information content (AvgIpc) is 3.05. The molecule has 0 unspecified atom stereocenters. The van der Waals surface area contributed by atoms with Crippen LogP contribution in [0.1, 0.15) is 40.0 Å². The second-order valence-electron chi connectivity index (χ2n) is 8.98. The van der Waals surface area contributed by atoms with Gasteiger partial charge in [0.05, 0.1) is 0 Å². The largest absolute Gasteiger partial charge is 0.485 e. The van der Waals surface area contributed by atoms with Crippen LogP contribution in [0.2, 0.25) is 0 Å². The van der Waals surface area contributed by atoms with E-state index in [1.165, 1.54) is 6.20 Å². The molecule has 166 valence electrons. The van der Waals surface area contributed by atoms with Crippen molar-refractivity contribution >= 4 is 17.6 Å². The van der Waals surface area contributed by atoms with Gasteiger partial charge in [-0.15, -0.1) is 0 Å². The van der Waals surface area contributed by atoms with Crippen LogP contribution in [0.3, 0.4) is 0 Å². The van der Waals surface area contributed by atoms with Crippen molar-refractivity contribution in [3.63, 3.8) is 0 Å². The average molecular weight is 421 g/mol. The SMILES string of the molecule is CN1CC[C@@H](Oc2cnc([N+](=O)[O-])c(NC3CCN(C(=O)OC(C)(C)C)CC3)c2)C1. The van der Waals surface area contributed by atoms with Crippen LogP contribution in [0.25, 0.3) is 0 Å². The molecule has 1 aromatic heterocycles. The zero-order valence-corrected chi connectivity index (χ0v) is 18.1. The third kappa shape index (κ3) is 5.94. The number of hydrogen-bond donors (Lipinski definition) is 1. The lowest BCUT2D eigenvalue weighted by Gasteiger charge is -2.34. The number of ether oxygens (including phenoxy) is 2. The second kappa shape index (κ2) is 9.03. The Kier molecular flexibility index (Phi) is 6.64. The zero-order chi connectivity index (χ0) is 21.9. The fraction of sp³-hybridized carbons (Fsp3) is 0.700. The number of likely N-dealkylation sites (tertiary alicyclic amines) is 2. The fourth-order valence-electron chi connectivity index (χ4n) is 3.69. The Morgan fingerprint density at radius 1 is 1.27 bits per heavy atom. The van der Waals surface area contributed by atoms with Gasteiger partial charge in [-0.05, 0) is 57.0 Å². The van der Waals surface area contributed by atoms with E-state index in [0.717, 1.165) is 19.5 Å². The number of nitro groups is 1. The van der Waals surface area contributed by atoms with Gasteiger partial charge in [0.15, 0.2) is 11.9 Å². The highest BCUT2D eigenvalue weighted by Gasteiger charge is 2.29. The summed E-state index contributed by atoms with van der Waals surface area (Å²) in [6.45, 7) is 8.35. The molecule has 0 spiro atoms. The van der Waals surface area contributed by atoms with Gasteiger partial charge in [-0.3, -0.25) is 0 Å². The monoisotopic (exact) mass is 421 g/mol. The van der Waals surface area contributed by atoms with Crippen molar-refractivity contribution in [3.05, 3.63) is 22.4 Å². The lowest BCUT2D eigenvalue weighted by atomic mass is 10.0. The van der Waals surface area contributed by atoms with Gasteiger partial charge in [-0.2, -0.15) is 0 Å². The van der Waals surface area contributed by atoms with Crippen molar-refractivity contribution in [3.8, 4) is 5.75 Å². The molecule has 10 heteroatoms. The smallest absolute Gasteiger partial charge is 0.410 e. The number of nitrogens with one attached hydrogen (secondary N) is 1. The summed E-state index contributed by atoms with van der Waals surface area (Å²) >= 11 is 0. The van der Waals surface area contributed by atoms with Gasteiger partial charge < -0.3 is 34.7 Å². The Bertz CT molecular complexity index is 773. The van der Waals surface area contributed by atoms with Crippen LogP contribution in [0.5, 0.6) is 5.75 Å². The molecule has 2 fully saturated rings. The third-order valence-electron chi connectivity index (χ3n) is 5.17. The molecule has 10 nitrogen and oxygen atoms in total. The van der Waals surface area contributed by atoms with Crippen LogP contribution in [-0.4, -0.2) is 76.8 Å². The molecular formula is C20H31N5O5. The van der Waals surface area contributed by atoms with Crippen molar-refractivity contribution < 1.29 is 19.2 Å². The van der Waals surface area contributed by atoms with E-state index < -0.39 is 10.5 Å². The van der Waals surface area contributed by atoms with Crippen LogP contribution >= 0.6 is 0 Å². The molecule has 0 bridgehead atoms. The number of hydrogen-bond acceptors (Lipinski definition) is 8. The van der Waals surface area contributed by atoms with Gasteiger partial charge >= 0.3 is 11.9 Å². The highest BCUT2D eigenvalue weighted by atomic mass is 16.6. The summed E-state index contributed by atoms with van der Waals surface area (Å²) in [5, 5.41) is 14.7. The number of nitrogens with zero attached hydrogens (tertiary/aromatic N) is 4. The highest BCUT2D eigenvalue weighted by molar-refractivity contribution is 5.68. The Labute approximate surface area is 176 Å². The Morgan fingerprint density at radius 3 is 2.53 bits per heavy atom. The Hall–Kier alpha value is -2.62. The molecule has 30 heavy (non-hydrogen) atoms. The van der Waals surface area contributed by atoms with Gasteiger partial charge in [0, 0.05) is 38.3 Å². The molecule has 1 amide bonds. The Morgan fingerprint density at radius 2 is 1.97 bits per heavy atom. The molecule has 2 aliphatic rings. The standard InChI is InChI=1S/C20H31N5O5/c1-20(2,3)30-19(26)24-9-5-14(6-10-24)22-17-11-16(12-21-18(17)25(27)28)29-15-7-8-23(4)13-15/h11-12,14-15,22H,5-10,13H2,1-4H3/t15-/m1/s1. The van der Waals surface area contributed by atoms with Crippen molar-refractivity contribution in [1.82, 2.24) is 14.8 Å². The molecule has 3 rings (SSSR count). The number of piperidine rings is 1. The van der Waals surface area contributed by atoms with E-state index in [9.17, 15) is 14.9 Å². The van der Waals surface area contributed by atoms with E-state index in [0.29, 0.717) is 37.4 Å². The summed E-state index contributed by atoms with van der Waals surface area (Å²) < 4.78 is 11.4. The summed E-state index contributed by atoms with van der Waals surface area (Å²) in [6.07, 6.45) is 3.38. The van der Waals surface area contributed by atoms with Crippen LogP contribution in [0.15, 0.2) is 12.3 Å². The topological polar surface area (TPSA) is 110 Å². The number of carbonyl (C=O) groups excluding carboxylic acids is 1. The zero-order valence-electron chi connectivity index (χ0n) is 18.1. The van der Waals surface area contributed by atoms with Crippen LogP contribution in [-0.2, 0) is 4.74 Å². The van der Waals surface area contributed by atoms with Crippen molar-refractivity contribution in [2.24, 2.45) is 0 Å². The van der Waals surface area contributed by atoms with Gasteiger partial charge in [0.1, 0.15) is 17.4 Å². The first kappa shape index (κ1) is 22.1. The Balaban J connectivity index is 1.62. The predicted octanol–water partition coefficient (Wildman–Crippen LogP) is 2.88. The fourth-order valence-corrected chi connectivity index (χ4v) is 3.69. The molecule has 0 saturated carbocycles. The van der Waals surface area contributed by atoms with Crippen molar-refractivity contribution in [1.29, 1.82) is 0 Å². The minimum Gasteiger partial charge on any atom is -0.485 e. The van der Waals surface area contributed by atoms with E-state index in [2.05, 4.69) is 15.2 Å². The summed E-state index contributed by atoms with van der Waals surface area (Å²) in [7, 11) is 2.04. The molecule has 2 aliphatic heterocycles. The first-order chi connectivity index (χ1) is 14.1. The minimum absolute atomic E-state index is 0.00273. The van der Waals surface area contributed by atoms with Gasteiger partial charge in [-0.1, -0.05) is 0 Å². The normalized spacial score (nSPS) is 20.8. The molecule has 1 aromatic rings. The van der Waals surface area contributed by atoms with Crippen LogP contribution in [0.4, 0.5) is 16.3 Å². The van der Waals surface area contributed by atoms with E-state index in [-0.39, 0.29) is 24.1 Å². The number of pyridine rings is 1. The lowest BCUT2D eigenvalue weighted by molar-refractivity contribution is -0.388. The maximum Gasteiger partial charge on any atom is 0.410 e. The number of likely N-dealkylation sites (N-methyl/N-ethyl adjacent to an activating group) is 1. The molecule has 0 aromatic carbocycles.